The Kier molecular flexibility index (Phi) is 6.54. The van der Waals surface area contributed by atoms with Crippen molar-refractivity contribution in [2.75, 3.05) is 7.11 Å². The van der Waals surface area contributed by atoms with E-state index in [1.807, 2.05) is 35.7 Å². The molecule has 172 valence electrons. The van der Waals surface area contributed by atoms with Crippen molar-refractivity contribution in [3.63, 3.8) is 0 Å². The number of thiazole rings is 1. The lowest BCUT2D eigenvalue weighted by Gasteiger charge is -2.19. The number of benzene rings is 2. The molecule has 0 bridgehead atoms. The minimum atomic E-state index is -1.25. The molecule has 2 aromatic heterocycles. The number of carbonyl (C=O) groups is 1. The maximum atomic E-state index is 13.5. The molecule has 2 aromatic carbocycles. The van der Waals surface area contributed by atoms with Crippen LogP contribution in [0.1, 0.15) is 22.7 Å². The van der Waals surface area contributed by atoms with Crippen molar-refractivity contribution in [1.82, 2.24) is 14.8 Å². The van der Waals surface area contributed by atoms with E-state index in [0.717, 1.165) is 11.3 Å². The molecule has 10 heteroatoms. The van der Waals surface area contributed by atoms with Crippen LogP contribution in [0.25, 0.3) is 16.4 Å². The third kappa shape index (κ3) is 4.33. The average Bonchev–Trinajstić information content (AvgIpc) is 3.43. The summed E-state index contributed by atoms with van der Waals surface area (Å²) in [5, 5.41) is 15.5. The smallest absolute Gasteiger partial charge is 0.277 e. The molecule has 1 amide bonds. The van der Waals surface area contributed by atoms with Crippen molar-refractivity contribution < 1.29 is 9.53 Å². The van der Waals surface area contributed by atoms with E-state index < -0.39 is 23.3 Å². The quantitative estimate of drug-likeness (QED) is 0.402. The SMILES string of the molecule is COc1ccc(-c2csc(-n3[nH]c(C)c([C@H](c4ccc(Cl)cc4)[C@H](C#N)C(N)=O)c3=O)n2)cc1. The van der Waals surface area contributed by atoms with E-state index in [9.17, 15) is 14.9 Å². The van der Waals surface area contributed by atoms with Gasteiger partial charge in [0.2, 0.25) is 11.0 Å². The number of aryl methyl sites for hydroxylation is 1. The molecule has 0 saturated carbocycles. The van der Waals surface area contributed by atoms with Crippen LogP contribution in [-0.4, -0.2) is 27.8 Å². The normalized spacial score (nSPS) is 12.6. The van der Waals surface area contributed by atoms with Crippen LogP contribution in [0.5, 0.6) is 5.75 Å². The molecule has 0 aliphatic heterocycles. The molecule has 8 nitrogen and oxygen atoms in total. The van der Waals surface area contributed by atoms with Crippen LogP contribution in [0.2, 0.25) is 5.02 Å². The number of nitriles is 1. The van der Waals surface area contributed by atoms with Crippen molar-refractivity contribution >= 4 is 28.8 Å². The van der Waals surface area contributed by atoms with E-state index in [2.05, 4.69) is 10.1 Å². The number of rotatable bonds is 7. The van der Waals surface area contributed by atoms with Gasteiger partial charge in [-0.3, -0.25) is 14.7 Å². The average molecular weight is 494 g/mol. The molecule has 4 rings (SSSR count). The summed E-state index contributed by atoms with van der Waals surface area (Å²) in [4.78, 5) is 30.3. The second kappa shape index (κ2) is 9.55. The number of hydrogen-bond acceptors (Lipinski definition) is 6. The van der Waals surface area contributed by atoms with Gasteiger partial charge >= 0.3 is 0 Å². The lowest BCUT2D eigenvalue weighted by Crippen LogP contribution is -2.31. The van der Waals surface area contributed by atoms with Crippen molar-refractivity contribution in [3.8, 4) is 28.2 Å². The highest BCUT2D eigenvalue weighted by Crippen LogP contribution is 2.33. The molecular formula is C24H20ClN5O3S. The van der Waals surface area contributed by atoms with Crippen LogP contribution < -0.4 is 16.0 Å². The summed E-state index contributed by atoms with van der Waals surface area (Å²) in [5.74, 6) is -2.20. The lowest BCUT2D eigenvalue weighted by molar-refractivity contribution is -0.120. The van der Waals surface area contributed by atoms with Gasteiger partial charge in [0.1, 0.15) is 11.7 Å². The molecule has 3 N–H and O–H groups in total. The standard InChI is InChI=1S/C24H20ClN5O3S/c1-13-20(21(18(11-26)22(27)31)15-3-7-16(25)8-4-15)23(32)30(29-13)24-28-19(12-34-24)14-5-9-17(33-2)10-6-14/h3-10,12,18,21,29H,1-2H3,(H2,27,31)/t18-,21+/m0/s1. The number of primary amides is 1. The molecule has 0 fully saturated rings. The maximum absolute atomic E-state index is 13.5. The highest BCUT2D eigenvalue weighted by molar-refractivity contribution is 7.12. The summed E-state index contributed by atoms with van der Waals surface area (Å²) < 4.78 is 6.51. The van der Waals surface area contributed by atoms with Gasteiger partial charge in [-0.2, -0.15) is 9.94 Å². The summed E-state index contributed by atoms with van der Waals surface area (Å²) in [5.41, 5.74) is 8.06. The zero-order valence-electron chi connectivity index (χ0n) is 18.3. The number of aromatic nitrogens is 3. The van der Waals surface area contributed by atoms with Gasteiger partial charge in [-0.1, -0.05) is 23.7 Å². The fraction of sp³-hybridized carbons (Fsp3) is 0.167. The van der Waals surface area contributed by atoms with E-state index in [-0.39, 0.29) is 5.56 Å². The summed E-state index contributed by atoms with van der Waals surface area (Å²) >= 11 is 7.30. The number of amides is 1. The summed E-state index contributed by atoms with van der Waals surface area (Å²) in [6.45, 7) is 1.71. The van der Waals surface area contributed by atoms with Gasteiger partial charge in [0.25, 0.3) is 5.56 Å². The zero-order chi connectivity index (χ0) is 24.4. The molecule has 0 saturated heterocycles. The number of nitrogens with one attached hydrogen (secondary N) is 1. The predicted octanol–water partition coefficient (Wildman–Crippen LogP) is 4.02. The number of H-pyrrole nitrogens is 1. The fourth-order valence-electron chi connectivity index (χ4n) is 3.82. The largest absolute Gasteiger partial charge is 0.497 e. The first-order chi connectivity index (χ1) is 16.3. The van der Waals surface area contributed by atoms with Crippen LogP contribution in [0.4, 0.5) is 0 Å². The Morgan fingerprint density at radius 2 is 1.91 bits per heavy atom. The van der Waals surface area contributed by atoms with E-state index in [4.69, 9.17) is 22.1 Å². The molecule has 0 aliphatic rings. The highest BCUT2D eigenvalue weighted by atomic mass is 35.5. The Morgan fingerprint density at radius 1 is 1.24 bits per heavy atom. The summed E-state index contributed by atoms with van der Waals surface area (Å²) in [7, 11) is 1.60. The second-order valence-corrected chi connectivity index (χ2v) is 8.85. The van der Waals surface area contributed by atoms with Gasteiger partial charge in [-0.15, -0.1) is 11.3 Å². The zero-order valence-corrected chi connectivity index (χ0v) is 19.9. The first kappa shape index (κ1) is 23.3. The van der Waals surface area contributed by atoms with Crippen LogP contribution in [-0.2, 0) is 4.79 Å². The summed E-state index contributed by atoms with van der Waals surface area (Å²) in [6, 6.07) is 16.0. The van der Waals surface area contributed by atoms with Crippen molar-refractivity contribution in [3.05, 3.63) is 86.1 Å². The maximum Gasteiger partial charge on any atom is 0.277 e. The Morgan fingerprint density at radius 3 is 2.50 bits per heavy atom. The number of hydrogen-bond donors (Lipinski definition) is 2. The molecule has 4 aromatic rings. The van der Waals surface area contributed by atoms with E-state index >= 15 is 0 Å². The first-order valence-corrected chi connectivity index (χ1v) is 11.5. The van der Waals surface area contributed by atoms with Gasteiger partial charge in [-0.25, -0.2) is 4.98 Å². The minimum absolute atomic E-state index is 0.272. The Hall–Kier alpha value is -3.87. The molecule has 0 spiro atoms. The van der Waals surface area contributed by atoms with Crippen molar-refractivity contribution in [2.24, 2.45) is 11.7 Å². The molecule has 0 aliphatic carbocycles. The monoisotopic (exact) mass is 493 g/mol. The fourth-order valence-corrected chi connectivity index (χ4v) is 4.74. The number of nitrogens with two attached hydrogens (primary N) is 1. The van der Waals surface area contributed by atoms with Crippen LogP contribution in [0, 0.1) is 24.2 Å². The van der Waals surface area contributed by atoms with Gasteiger partial charge in [0, 0.05) is 33.1 Å². The molecule has 2 atom stereocenters. The molecular weight excluding hydrogens is 474 g/mol. The van der Waals surface area contributed by atoms with E-state index in [1.54, 1.807) is 38.3 Å². The molecule has 2 heterocycles. The van der Waals surface area contributed by atoms with Gasteiger partial charge < -0.3 is 10.5 Å². The predicted molar refractivity (Wildman–Crippen MR) is 130 cm³/mol. The Labute approximate surface area is 204 Å². The van der Waals surface area contributed by atoms with Gasteiger partial charge in [0.15, 0.2) is 0 Å². The van der Waals surface area contributed by atoms with Gasteiger partial charge in [0.05, 0.1) is 18.9 Å². The first-order valence-electron chi connectivity index (χ1n) is 10.2. The number of carbonyl (C=O) groups excluding carboxylic acids is 1. The number of ether oxygens (including phenoxy) is 1. The third-order valence-corrected chi connectivity index (χ3v) is 6.58. The summed E-state index contributed by atoms with van der Waals surface area (Å²) in [6.07, 6.45) is 0. The third-order valence-electron chi connectivity index (χ3n) is 5.51. The van der Waals surface area contributed by atoms with E-state index in [0.29, 0.717) is 27.1 Å². The molecule has 0 unspecified atom stereocenters. The van der Waals surface area contributed by atoms with Gasteiger partial charge in [-0.05, 0) is 48.9 Å². The second-order valence-electron chi connectivity index (χ2n) is 7.57. The van der Waals surface area contributed by atoms with Crippen LogP contribution in [0.3, 0.4) is 0 Å². The molecule has 34 heavy (non-hydrogen) atoms. The van der Waals surface area contributed by atoms with E-state index in [1.165, 1.54) is 16.0 Å². The van der Waals surface area contributed by atoms with Crippen LogP contribution in [0.15, 0.2) is 58.7 Å². The lowest BCUT2D eigenvalue weighted by atomic mass is 9.81. The number of methoxy groups -OCH3 is 1. The topological polar surface area (TPSA) is 127 Å². The number of halogens is 1. The molecule has 0 radical (unpaired) electrons. The van der Waals surface area contributed by atoms with Crippen molar-refractivity contribution in [2.45, 2.75) is 12.8 Å². The Bertz CT molecular complexity index is 1430. The van der Waals surface area contributed by atoms with Crippen molar-refractivity contribution in [1.29, 1.82) is 5.26 Å². The minimum Gasteiger partial charge on any atom is -0.497 e. The number of aromatic amines is 1. The number of nitrogens with zero attached hydrogens (tertiary/aromatic N) is 3. The van der Waals surface area contributed by atoms with Crippen LogP contribution >= 0.6 is 22.9 Å². The highest BCUT2D eigenvalue weighted by Gasteiger charge is 2.34. The Balaban J connectivity index is 1.80.